The van der Waals surface area contributed by atoms with Gasteiger partial charge in [0, 0.05) is 36.2 Å². The Hall–Kier alpha value is -2.08. The van der Waals surface area contributed by atoms with Crippen molar-refractivity contribution in [3.8, 4) is 11.8 Å². The van der Waals surface area contributed by atoms with Crippen LogP contribution < -0.4 is 4.74 Å². The number of nitrogens with zero attached hydrogens (tertiary/aromatic N) is 2. The summed E-state index contributed by atoms with van der Waals surface area (Å²) in [6.45, 7) is -0.186. The molecular weight excluding hydrogens is 230 g/mol. The second kappa shape index (κ2) is 4.84. The summed E-state index contributed by atoms with van der Waals surface area (Å²) in [5.74, 6) is -1.52. The maximum atomic E-state index is 12.9. The highest BCUT2D eigenvalue weighted by Gasteiger charge is 2.04. The lowest BCUT2D eigenvalue weighted by Gasteiger charge is -2.04. The van der Waals surface area contributed by atoms with E-state index in [9.17, 15) is 8.78 Å². The molecule has 6 heteroatoms. The van der Waals surface area contributed by atoms with Crippen molar-refractivity contribution in [1.29, 1.82) is 0 Å². The number of aliphatic hydroxyl groups is 1. The van der Waals surface area contributed by atoms with E-state index in [-0.39, 0.29) is 18.4 Å². The Kier molecular flexibility index (Phi) is 3.24. The first-order valence-electron chi connectivity index (χ1n) is 4.73. The van der Waals surface area contributed by atoms with Crippen molar-refractivity contribution in [2.75, 3.05) is 0 Å². The van der Waals surface area contributed by atoms with Crippen molar-refractivity contribution in [1.82, 2.24) is 9.97 Å². The molecule has 0 aliphatic rings. The topological polar surface area (TPSA) is 55.2 Å². The summed E-state index contributed by atoms with van der Waals surface area (Å²) >= 11 is 0. The first-order valence-corrected chi connectivity index (χ1v) is 4.73. The number of halogens is 2. The van der Waals surface area contributed by atoms with Crippen molar-refractivity contribution >= 4 is 0 Å². The van der Waals surface area contributed by atoms with Crippen LogP contribution in [0.25, 0.3) is 0 Å². The summed E-state index contributed by atoms with van der Waals surface area (Å²) in [7, 11) is 0. The van der Waals surface area contributed by atoms with Gasteiger partial charge in [-0.15, -0.1) is 0 Å². The zero-order valence-corrected chi connectivity index (χ0v) is 8.60. The molecule has 2 rings (SSSR count). The van der Waals surface area contributed by atoms with Crippen LogP contribution in [0, 0.1) is 11.6 Å². The molecule has 1 heterocycles. The van der Waals surface area contributed by atoms with Crippen molar-refractivity contribution in [2.45, 2.75) is 6.61 Å². The fraction of sp³-hybridized carbons (Fsp3) is 0.0909. The molecule has 0 unspecified atom stereocenters. The molecule has 1 N–H and O–H groups in total. The van der Waals surface area contributed by atoms with Crippen LogP contribution in [-0.2, 0) is 6.61 Å². The van der Waals surface area contributed by atoms with E-state index in [4.69, 9.17) is 9.84 Å². The van der Waals surface area contributed by atoms with Crippen LogP contribution in [-0.4, -0.2) is 15.1 Å². The molecule has 88 valence electrons. The average Bonchev–Trinajstić information content (AvgIpc) is 2.28. The maximum Gasteiger partial charge on any atom is 0.321 e. The maximum absolute atomic E-state index is 12.9. The molecule has 1 aromatic heterocycles. The first kappa shape index (κ1) is 11.4. The van der Waals surface area contributed by atoms with Gasteiger partial charge in [0.25, 0.3) is 0 Å². The Morgan fingerprint density at radius 3 is 2.18 bits per heavy atom. The average molecular weight is 238 g/mol. The minimum Gasteiger partial charge on any atom is -0.424 e. The molecule has 17 heavy (non-hydrogen) atoms. The highest BCUT2D eigenvalue weighted by molar-refractivity contribution is 5.26. The number of aromatic nitrogens is 2. The summed E-state index contributed by atoms with van der Waals surface area (Å²) in [5, 5.41) is 8.77. The van der Waals surface area contributed by atoms with E-state index in [1.165, 1.54) is 12.4 Å². The minimum atomic E-state index is -0.744. The van der Waals surface area contributed by atoms with E-state index in [2.05, 4.69) is 9.97 Å². The number of aliphatic hydroxyl groups excluding tert-OH is 1. The lowest BCUT2D eigenvalue weighted by Crippen LogP contribution is -1.94. The van der Waals surface area contributed by atoms with Crippen LogP contribution in [0.2, 0.25) is 0 Å². The van der Waals surface area contributed by atoms with Crippen molar-refractivity contribution in [3.05, 3.63) is 47.8 Å². The summed E-state index contributed by atoms with van der Waals surface area (Å²) < 4.78 is 30.8. The number of rotatable bonds is 3. The van der Waals surface area contributed by atoms with Gasteiger partial charge in [0.15, 0.2) is 0 Å². The highest BCUT2D eigenvalue weighted by Crippen LogP contribution is 2.20. The Balaban J connectivity index is 2.19. The Labute approximate surface area is 95.5 Å². The molecule has 0 aliphatic heterocycles. The number of ether oxygens (including phenoxy) is 1. The molecule has 0 spiro atoms. The van der Waals surface area contributed by atoms with E-state index in [0.717, 1.165) is 18.2 Å². The van der Waals surface area contributed by atoms with E-state index < -0.39 is 11.6 Å². The zero-order valence-electron chi connectivity index (χ0n) is 8.60. The fourth-order valence-electron chi connectivity index (χ4n) is 1.17. The van der Waals surface area contributed by atoms with Gasteiger partial charge in [-0.1, -0.05) is 0 Å². The van der Waals surface area contributed by atoms with Gasteiger partial charge < -0.3 is 9.84 Å². The second-order valence-electron chi connectivity index (χ2n) is 3.24. The summed E-state index contributed by atoms with van der Waals surface area (Å²) in [4.78, 5) is 7.53. The normalized spacial score (nSPS) is 10.3. The van der Waals surface area contributed by atoms with Gasteiger partial charge in [-0.2, -0.15) is 0 Å². The molecule has 4 nitrogen and oxygen atoms in total. The largest absolute Gasteiger partial charge is 0.424 e. The molecule has 0 radical (unpaired) electrons. The summed E-state index contributed by atoms with van der Waals surface area (Å²) in [5.41, 5.74) is 0.516. The third kappa shape index (κ3) is 2.94. The van der Waals surface area contributed by atoms with E-state index in [1.54, 1.807) is 0 Å². The van der Waals surface area contributed by atoms with Crippen molar-refractivity contribution in [2.24, 2.45) is 0 Å². The Morgan fingerprint density at radius 1 is 1.06 bits per heavy atom. The Morgan fingerprint density at radius 2 is 1.65 bits per heavy atom. The molecule has 1 aromatic carbocycles. The Bertz CT molecular complexity index is 497. The van der Waals surface area contributed by atoms with Gasteiger partial charge in [-0.25, -0.2) is 18.7 Å². The van der Waals surface area contributed by atoms with Crippen LogP contribution in [0.1, 0.15) is 5.56 Å². The predicted molar refractivity (Wildman–Crippen MR) is 54.4 cm³/mol. The van der Waals surface area contributed by atoms with Crippen LogP contribution >= 0.6 is 0 Å². The molecule has 0 saturated carbocycles. The van der Waals surface area contributed by atoms with Crippen LogP contribution in [0.3, 0.4) is 0 Å². The van der Waals surface area contributed by atoms with Gasteiger partial charge >= 0.3 is 6.01 Å². The van der Waals surface area contributed by atoms with Gasteiger partial charge in [0.2, 0.25) is 0 Å². The van der Waals surface area contributed by atoms with Gasteiger partial charge in [-0.05, 0) is 0 Å². The van der Waals surface area contributed by atoms with E-state index in [0.29, 0.717) is 5.56 Å². The van der Waals surface area contributed by atoms with Crippen LogP contribution in [0.5, 0.6) is 11.8 Å². The number of hydrogen-bond acceptors (Lipinski definition) is 4. The molecule has 0 fully saturated rings. The lowest BCUT2D eigenvalue weighted by molar-refractivity contribution is 0.280. The standard InChI is InChI=1S/C11H8F2N2O2/c12-8-1-9(13)3-10(2-8)17-11-14-4-7(6-16)5-15-11/h1-5,16H,6H2. The van der Waals surface area contributed by atoms with E-state index >= 15 is 0 Å². The third-order valence-corrected chi connectivity index (χ3v) is 1.91. The van der Waals surface area contributed by atoms with E-state index in [1.807, 2.05) is 0 Å². The molecular formula is C11H8F2N2O2. The molecule has 0 bridgehead atoms. The molecule has 0 amide bonds. The monoisotopic (exact) mass is 238 g/mol. The quantitative estimate of drug-likeness (QED) is 0.889. The highest BCUT2D eigenvalue weighted by atomic mass is 19.1. The lowest BCUT2D eigenvalue weighted by atomic mass is 10.3. The van der Waals surface area contributed by atoms with Crippen molar-refractivity contribution in [3.63, 3.8) is 0 Å². The smallest absolute Gasteiger partial charge is 0.321 e. The van der Waals surface area contributed by atoms with Crippen molar-refractivity contribution < 1.29 is 18.6 Å². The van der Waals surface area contributed by atoms with Crippen LogP contribution in [0.4, 0.5) is 8.78 Å². The molecule has 2 aromatic rings. The van der Waals surface area contributed by atoms with Gasteiger partial charge in [-0.3, -0.25) is 0 Å². The minimum absolute atomic E-state index is 0.0285. The van der Waals surface area contributed by atoms with Gasteiger partial charge in [0.05, 0.1) is 6.61 Å². The second-order valence-corrected chi connectivity index (χ2v) is 3.24. The van der Waals surface area contributed by atoms with Gasteiger partial charge in [0.1, 0.15) is 17.4 Å². The molecule has 0 aliphatic carbocycles. The fourth-order valence-corrected chi connectivity index (χ4v) is 1.17. The first-order chi connectivity index (χ1) is 8.17. The number of benzene rings is 1. The summed E-state index contributed by atoms with van der Waals surface area (Å²) in [6.07, 6.45) is 2.72. The predicted octanol–water partition coefficient (Wildman–Crippen LogP) is 2.04. The van der Waals surface area contributed by atoms with Crippen LogP contribution in [0.15, 0.2) is 30.6 Å². The SMILES string of the molecule is OCc1cnc(Oc2cc(F)cc(F)c2)nc1. The summed E-state index contributed by atoms with van der Waals surface area (Å²) in [6, 6.07) is 2.73. The number of hydrogen-bond donors (Lipinski definition) is 1. The molecule has 0 saturated heterocycles. The third-order valence-electron chi connectivity index (χ3n) is 1.91. The molecule has 0 atom stereocenters. The zero-order chi connectivity index (χ0) is 12.3.